The molecule has 1 fully saturated rings. The highest BCUT2D eigenvalue weighted by molar-refractivity contribution is 5.72. The van der Waals surface area contributed by atoms with E-state index < -0.39 is 0 Å². The van der Waals surface area contributed by atoms with Crippen LogP contribution in [0.25, 0.3) is 0 Å². The van der Waals surface area contributed by atoms with Gasteiger partial charge in [-0.3, -0.25) is 5.41 Å². The molecule has 2 nitrogen and oxygen atoms in total. The van der Waals surface area contributed by atoms with Gasteiger partial charge in [-0.2, -0.15) is 0 Å². The molecule has 2 heteroatoms. The van der Waals surface area contributed by atoms with Gasteiger partial charge in [0.2, 0.25) is 0 Å². The molecule has 1 N–H and O–H groups in total. The first-order valence-corrected chi connectivity index (χ1v) is 10.3. The van der Waals surface area contributed by atoms with E-state index in [1.807, 2.05) is 6.08 Å². The number of rotatable bonds is 15. The monoisotopic (exact) mass is 345 g/mol. The van der Waals surface area contributed by atoms with Gasteiger partial charge in [-0.15, -0.1) is 6.58 Å². The van der Waals surface area contributed by atoms with Crippen molar-refractivity contribution >= 4 is 5.90 Å². The van der Waals surface area contributed by atoms with Crippen molar-refractivity contribution in [3.05, 3.63) is 37.5 Å². The molecule has 1 aliphatic carbocycles. The van der Waals surface area contributed by atoms with Gasteiger partial charge in [-0.1, -0.05) is 56.6 Å². The molecule has 1 rings (SSSR count). The minimum atomic E-state index is 0.335. The van der Waals surface area contributed by atoms with Crippen LogP contribution in [0.2, 0.25) is 0 Å². The van der Waals surface area contributed by atoms with Gasteiger partial charge in [-0.25, -0.2) is 0 Å². The Morgan fingerprint density at radius 1 is 0.960 bits per heavy atom. The van der Waals surface area contributed by atoms with Crippen molar-refractivity contribution in [1.29, 1.82) is 5.41 Å². The molecule has 1 atom stereocenters. The molecule has 0 heterocycles. The summed E-state index contributed by atoms with van der Waals surface area (Å²) in [6.45, 7) is 11.7. The van der Waals surface area contributed by atoms with E-state index in [9.17, 15) is 0 Å². The maximum atomic E-state index is 7.93. The van der Waals surface area contributed by atoms with E-state index in [0.717, 1.165) is 37.7 Å². The van der Waals surface area contributed by atoms with E-state index in [1.54, 1.807) is 0 Å². The van der Waals surface area contributed by atoms with Crippen molar-refractivity contribution < 1.29 is 4.74 Å². The minimum Gasteiger partial charge on any atom is -0.478 e. The Bertz CT molecular complexity index is 406. The summed E-state index contributed by atoms with van der Waals surface area (Å²) in [5.41, 5.74) is 1.16. The van der Waals surface area contributed by atoms with Gasteiger partial charge in [0.15, 0.2) is 5.90 Å². The Morgan fingerprint density at radius 2 is 1.56 bits per heavy atom. The summed E-state index contributed by atoms with van der Waals surface area (Å²) < 4.78 is 5.72. The first-order valence-electron chi connectivity index (χ1n) is 10.3. The Kier molecular flexibility index (Phi) is 12.1. The zero-order valence-electron chi connectivity index (χ0n) is 16.2. The summed E-state index contributed by atoms with van der Waals surface area (Å²) in [6, 6.07) is 0. The largest absolute Gasteiger partial charge is 0.478 e. The van der Waals surface area contributed by atoms with E-state index in [0.29, 0.717) is 17.9 Å². The number of unbranched alkanes of at least 4 members (excludes halogenated alkanes) is 4. The zero-order chi connectivity index (χ0) is 18.3. The van der Waals surface area contributed by atoms with E-state index in [4.69, 9.17) is 10.1 Å². The molecule has 142 valence electrons. The lowest BCUT2D eigenvalue weighted by atomic mass is 9.94. The molecule has 0 saturated heterocycles. The van der Waals surface area contributed by atoms with Gasteiger partial charge in [0, 0.05) is 6.42 Å². The highest BCUT2D eigenvalue weighted by atomic mass is 16.5. The molecule has 0 aromatic rings. The highest BCUT2D eigenvalue weighted by Gasteiger charge is 2.17. The molecule has 0 radical (unpaired) electrons. The van der Waals surface area contributed by atoms with Crippen LogP contribution in [-0.2, 0) is 4.74 Å². The van der Waals surface area contributed by atoms with Crippen molar-refractivity contribution in [2.75, 3.05) is 0 Å². The van der Waals surface area contributed by atoms with E-state index in [-0.39, 0.29) is 0 Å². The van der Waals surface area contributed by atoms with Crippen molar-refractivity contribution in [3.63, 3.8) is 0 Å². The van der Waals surface area contributed by atoms with Crippen LogP contribution in [0.3, 0.4) is 0 Å². The summed E-state index contributed by atoms with van der Waals surface area (Å²) >= 11 is 0. The third-order valence-electron chi connectivity index (χ3n) is 5.28. The number of nitrogens with one attached hydrogen (secondary N) is 1. The SMILES string of the molecule is C=CC(=C)CCCCCC(C=C)CCCCCC(=N)OC1CCCC1. The fourth-order valence-corrected chi connectivity index (χ4v) is 3.55. The smallest absolute Gasteiger partial charge is 0.180 e. The van der Waals surface area contributed by atoms with Gasteiger partial charge in [0.05, 0.1) is 0 Å². The van der Waals surface area contributed by atoms with Crippen LogP contribution in [0.15, 0.2) is 37.5 Å². The standard InChI is InChI=1S/C23H39NO/c1-4-20(3)14-8-6-9-15-21(5-2)16-10-7-11-19-23(24)25-22-17-12-13-18-22/h4-5,21-22,24H,1-3,6-19H2. The predicted molar refractivity (Wildman–Crippen MR) is 110 cm³/mol. The molecule has 1 unspecified atom stereocenters. The molecule has 0 aliphatic heterocycles. The lowest BCUT2D eigenvalue weighted by molar-refractivity contribution is 0.187. The molecule has 25 heavy (non-hydrogen) atoms. The highest BCUT2D eigenvalue weighted by Crippen LogP contribution is 2.22. The summed E-state index contributed by atoms with van der Waals surface area (Å²) in [7, 11) is 0. The van der Waals surface area contributed by atoms with Crippen LogP contribution in [0.5, 0.6) is 0 Å². The van der Waals surface area contributed by atoms with Gasteiger partial charge in [0.1, 0.15) is 6.10 Å². The first kappa shape index (κ1) is 21.7. The lowest BCUT2D eigenvalue weighted by Gasteiger charge is -2.14. The second-order valence-corrected chi connectivity index (χ2v) is 7.50. The zero-order valence-corrected chi connectivity index (χ0v) is 16.2. The van der Waals surface area contributed by atoms with Crippen molar-refractivity contribution in [2.24, 2.45) is 5.92 Å². The molecule has 0 aromatic heterocycles. The van der Waals surface area contributed by atoms with Gasteiger partial charge in [0.25, 0.3) is 0 Å². The average molecular weight is 346 g/mol. The number of hydrogen-bond acceptors (Lipinski definition) is 2. The normalized spacial score (nSPS) is 15.7. The Hall–Kier alpha value is -1.31. The third kappa shape index (κ3) is 11.0. The van der Waals surface area contributed by atoms with Crippen LogP contribution in [0.4, 0.5) is 0 Å². The van der Waals surface area contributed by atoms with Crippen LogP contribution in [-0.4, -0.2) is 12.0 Å². The van der Waals surface area contributed by atoms with E-state index in [2.05, 4.69) is 25.8 Å². The number of hydrogen-bond donors (Lipinski definition) is 1. The Morgan fingerprint density at radius 3 is 2.12 bits per heavy atom. The first-order chi connectivity index (χ1) is 12.2. The van der Waals surface area contributed by atoms with Gasteiger partial charge >= 0.3 is 0 Å². The van der Waals surface area contributed by atoms with Crippen molar-refractivity contribution in [1.82, 2.24) is 0 Å². The molecule has 1 aliphatic rings. The average Bonchev–Trinajstić information content (AvgIpc) is 3.11. The molecular weight excluding hydrogens is 306 g/mol. The summed E-state index contributed by atoms with van der Waals surface area (Å²) in [5.74, 6) is 1.16. The van der Waals surface area contributed by atoms with E-state index >= 15 is 0 Å². The van der Waals surface area contributed by atoms with E-state index in [1.165, 1.54) is 57.8 Å². The molecule has 0 spiro atoms. The topological polar surface area (TPSA) is 33.1 Å². The number of ether oxygens (including phenoxy) is 1. The lowest BCUT2D eigenvalue weighted by Crippen LogP contribution is -2.13. The van der Waals surface area contributed by atoms with Crippen LogP contribution >= 0.6 is 0 Å². The second kappa shape index (κ2) is 13.9. The molecular formula is C23H39NO. The van der Waals surface area contributed by atoms with Crippen molar-refractivity contribution in [2.45, 2.75) is 96.0 Å². The van der Waals surface area contributed by atoms with Gasteiger partial charge in [-0.05, 0) is 63.7 Å². The molecule has 0 aromatic carbocycles. The summed E-state index contributed by atoms with van der Waals surface area (Å²) in [4.78, 5) is 0. The quantitative estimate of drug-likeness (QED) is 0.109. The van der Waals surface area contributed by atoms with Crippen LogP contribution in [0.1, 0.15) is 89.9 Å². The predicted octanol–water partition coefficient (Wildman–Crippen LogP) is 7.37. The number of allylic oxidation sites excluding steroid dienone is 3. The Balaban J connectivity index is 1.97. The fourth-order valence-electron chi connectivity index (χ4n) is 3.55. The molecule has 1 saturated carbocycles. The third-order valence-corrected chi connectivity index (χ3v) is 5.28. The maximum Gasteiger partial charge on any atom is 0.180 e. The minimum absolute atomic E-state index is 0.335. The Labute approximate surface area is 155 Å². The van der Waals surface area contributed by atoms with Gasteiger partial charge < -0.3 is 4.74 Å². The van der Waals surface area contributed by atoms with Crippen LogP contribution < -0.4 is 0 Å². The summed E-state index contributed by atoms with van der Waals surface area (Å²) in [5, 5.41) is 7.93. The molecule has 0 amide bonds. The maximum absolute atomic E-state index is 7.93. The fraction of sp³-hybridized carbons (Fsp3) is 0.696. The second-order valence-electron chi connectivity index (χ2n) is 7.50. The van der Waals surface area contributed by atoms with Crippen molar-refractivity contribution in [3.8, 4) is 0 Å². The summed E-state index contributed by atoms with van der Waals surface area (Å²) in [6.07, 6.45) is 20.8. The molecule has 0 bridgehead atoms. The van der Waals surface area contributed by atoms with Crippen LogP contribution in [0, 0.1) is 11.3 Å².